The largest absolute Gasteiger partial charge is 0.321 e. The summed E-state index contributed by atoms with van der Waals surface area (Å²) >= 11 is 0. The van der Waals surface area contributed by atoms with Gasteiger partial charge in [0, 0.05) is 13.0 Å². The van der Waals surface area contributed by atoms with Crippen LogP contribution in [-0.2, 0) is 7.05 Å². The molecule has 2 aliphatic rings. The second-order valence-electron chi connectivity index (χ2n) is 6.71. The molecule has 0 aliphatic heterocycles. The molecule has 0 amide bonds. The lowest BCUT2D eigenvalue weighted by Crippen LogP contribution is -2.26. The molecule has 2 aliphatic carbocycles. The molecule has 0 bridgehead atoms. The van der Waals surface area contributed by atoms with Crippen molar-refractivity contribution in [2.75, 3.05) is 0 Å². The van der Waals surface area contributed by atoms with Crippen molar-refractivity contribution in [2.45, 2.75) is 76.2 Å². The molecular formula is C16H28N4. The van der Waals surface area contributed by atoms with E-state index in [0.717, 1.165) is 11.6 Å². The lowest BCUT2D eigenvalue weighted by atomic mass is 9.84. The molecule has 1 aromatic heterocycles. The molecule has 2 fully saturated rings. The third-order valence-corrected chi connectivity index (χ3v) is 5.24. The van der Waals surface area contributed by atoms with Gasteiger partial charge in [0.15, 0.2) is 5.82 Å². The Bertz CT molecular complexity index is 428. The predicted octanol–water partition coefficient (Wildman–Crippen LogP) is 3.44. The summed E-state index contributed by atoms with van der Waals surface area (Å²) in [5.41, 5.74) is 6.49. The topological polar surface area (TPSA) is 56.7 Å². The summed E-state index contributed by atoms with van der Waals surface area (Å²) in [5, 5.41) is 4.68. The molecule has 2 saturated carbocycles. The van der Waals surface area contributed by atoms with Crippen molar-refractivity contribution in [1.29, 1.82) is 0 Å². The molecule has 0 saturated heterocycles. The molecule has 0 aromatic carbocycles. The molecule has 4 nitrogen and oxygen atoms in total. The molecule has 0 radical (unpaired) electrons. The molecule has 1 unspecified atom stereocenters. The minimum Gasteiger partial charge on any atom is -0.321 e. The van der Waals surface area contributed by atoms with Crippen molar-refractivity contribution in [1.82, 2.24) is 14.8 Å². The highest BCUT2D eigenvalue weighted by Crippen LogP contribution is 2.34. The van der Waals surface area contributed by atoms with E-state index in [-0.39, 0.29) is 6.04 Å². The van der Waals surface area contributed by atoms with E-state index in [2.05, 4.69) is 5.10 Å². The van der Waals surface area contributed by atoms with Gasteiger partial charge in [0.25, 0.3) is 0 Å². The fourth-order valence-corrected chi connectivity index (χ4v) is 3.95. The highest BCUT2D eigenvalue weighted by molar-refractivity contribution is 5.05. The van der Waals surface area contributed by atoms with Crippen LogP contribution in [0.25, 0.3) is 0 Å². The van der Waals surface area contributed by atoms with E-state index < -0.39 is 0 Å². The number of aryl methyl sites for hydroxylation is 1. The third-order valence-electron chi connectivity index (χ3n) is 5.24. The van der Waals surface area contributed by atoms with E-state index in [4.69, 9.17) is 10.7 Å². The maximum absolute atomic E-state index is 6.49. The van der Waals surface area contributed by atoms with Crippen LogP contribution in [0.3, 0.4) is 0 Å². The Kier molecular flexibility index (Phi) is 4.39. The van der Waals surface area contributed by atoms with Crippen LogP contribution >= 0.6 is 0 Å². The van der Waals surface area contributed by atoms with Crippen molar-refractivity contribution >= 4 is 0 Å². The average molecular weight is 276 g/mol. The molecule has 1 atom stereocenters. The Balaban J connectivity index is 1.73. The van der Waals surface area contributed by atoms with Crippen LogP contribution in [0.1, 0.15) is 87.8 Å². The van der Waals surface area contributed by atoms with Crippen molar-refractivity contribution in [3.8, 4) is 0 Å². The standard InChI is InChI=1S/C16H28N4/c1-20-16(14(17)12-8-4-2-5-9-12)18-15(19-20)13-10-6-3-7-11-13/h12-14H,2-11,17H2,1H3. The van der Waals surface area contributed by atoms with Crippen LogP contribution < -0.4 is 5.73 Å². The molecular weight excluding hydrogens is 248 g/mol. The number of hydrogen-bond donors (Lipinski definition) is 1. The van der Waals surface area contributed by atoms with E-state index in [0.29, 0.717) is 11.8 Å². The third kappa shape index (κ3) is 2.90. The van der Waals surface area contributed by atoms with Gasteiger partial charge < -0.3 is 5.73 Å². The van der Waals surface area contributed by atoms with Gasteiger partial charge in [-0.15, -0.1) is 0 Å². The molecule has 20 heavy (non-hydrogen) atoms. The maximum atomic E-state index is 6.49. The number of rotatable bonds is 3. The van der Waals surface area contributed by atoms with Crippen LogP contribution in [0.15, 0.2) is 0 Å². The van der Waals surface area contributed by atoms with Gasteiger partial charge in [0.05, 0.1) is 6.04 Å². The van der Waals surface area contributed by atoms with Crippen LogP contribution in [0, 0.1) is 5.92 Å². The fourth-order valence-electron chi connectivity index (χ4n) is 3.95. The first-order chi connectivity index (χ1) is 9.75. The lowest BCUT2D eigenvalue weighted by molar-refractivity contribution is 0.296. The maximum Gasteiger partial charge on any atom is 0.154 e. The summed E-state index contributed by atoms with van der Waals surface area (Å²) in [6.07, 6.45) is 13.1. The zero-order valence-electron chi connectivity index (χ0n) is 12.7. The molecule has 2 N–H and O–H groups in total. The Hall–Kier alpha value is -0.900. The Labute approximate surface area is 122 Å². The summed E-state index contributed by atoms with van der Waals surface area (Å²) in [7, 11) is 2.01. The Morgan fingerprint density at radius 3 is 2.25 bits per heavy atom. The smallest absolute Gasteiger partial charge is 0.154 e. The highest BCUT2D eigenvalue weighted by atomic mass is 15.3. The van der Waals surface area contributed by atoms with E-state index in [9.17, 15) is 0 Å². The monoisotopic (exact) mass is 276 g/mol. The van der Waals surface area contributed by atoms with E-state index in [1.165, 1.54) is 64.2 Å². The minimum atomic E-state index is 0.0742. The van der Waals surface area contributed by atoms with E-state index in [1.807, 2.05) is 11.7 Å². The van der Waals surface area contributed by atoms with Crippen molar-refractivity contribution in [3.05, 3.63) is 11.6 Å². The van der Waals surface area contributed by atoms with Crippen molar-refractivity contribution in [2.24, 2.45) is 18.7 Å². The van der Waals surface area contributed by atoms with Gasteiger partial charge in [-0.1, -0.05) is 38.5 Å². The van der Waals surface area contributed by atoms with E-state index in [1.54, 1.807) is 0 Å². The fraction of sp³-hybridized carbons (Fsp3) is 0.875. The summed E-state index contributed by atoms with van der Waals surface area (Å²) in [4.78, 5) is 4.84. The molecule has 4 heteroatoms. The van der Waals surface area contributed by atoms with Gasteiger partial charge in [-0.05, 0) is 31.6 Å². The molecule has 1 aromatic rings. The van der Waals surface area contributed by atoms with Crippen LogP contribution in [0.2, 0.25) is 0 Å². The van der Waals surface area contributed by atoms with Gasteiger partial charge in [-0.2, -0.15) is 5.10 Å². The molecule has 112 valence electrons. The van der Waals surface area contributed by atoms with Crippen LogP contribution in [-0.4, -0.2) is 14.8 Å². The SMILES string of the molecule is Cn1nc(C2CCCCC2)nc1C(N)C1CCCCC1. The van der Waals surface area contributed by atoms with Gasteiger partial charge in [0.1, 0.15) is 5.82 Å². The van der Waals surface area contributed by atoms with Crippen molar-refractivity contribution < 1.29 is 0 Å². The Morgan fingerprint density at radius 2 is 1.60 bits per heavy atom. The second kappa shape index (κ2) is 6.25. The predicted molar refractivity (Wildman–Crippen MR) is 80.3 cm³/mol. The second-order valence-corrected chi connectivity index (χ2v) is 6.71. The van der Waals surface area contributed by atoms with Gasteiger partial charge in [0.2, 0.25) is 0 Å². The number of nitrogens with zero attached hydrogens (tertiary/aromatic N) is 3. The zero-order valence-corrected chi connectivity index (χ0v) is 12.7. The van der Waals surface area contributed by atoms with E-state index >= 15 is 0 Å². The van der Waals surface area contributed by atoms with Crippen LogP contribution in [0.5, 0.6) is 0 Å². The molecule has 1 heterocycles. The van der Waals surface area contributed by atoms with Crippen LogP contribution in [0.4, 0.5) is 0 Å². The van der Waals surface area contributed by atoms with Gasteiger partial charge >= 0.3 is 0 Å². The average Bonchev–Trinajstić information content (AvgIpc) is 2.90. The van der Waals surface area contributed by atoms with Gasteiger partial charge in [-0.25, -0.2) is 4.98 Å². The zero-order chi connectivity index (χ0) is 13.9. The van der Waals surface area contributed by atoms with Gasteiger partial charge in [-0.3, -0.25) is 4.68 Å². The first-order valence-electron chi connectivity index (χ1n) is 8.42. The number of aromatic nitrogens is 3. The summed E-state index contributed by atoms with van der Waals surface area (Å²) in [6.45, 7) is 0. The first-order valence-corrected chi connectivity index (χ1v) is 8.42. The molecule has 0 spiro atoms. The first kappa shape index (κ1) is 14.1. The van der Waals surface area contributed by atoms with Crippen molar-refractivity contribution in [3.63, 3.8) is 0 Å². The quantitative estimate of drug-likeness (QED) is 0.920. The number of nitrogens with two attached hydrogens (primary N) is 1. The Morgan fingerprint density at radius 1 is 1.00 bits per heavy atom. The highest BCUT2D eigenvalue weighted by Gasteiger charge is 2.27. The summed E-state index contributed by atoms with van der Waals surface area (Å²) in [6, 6.07) is 0.0742. The lowest BCUT2D eigenvalue weighted by Gasteiger charge is -2.26. The number of hydrogen-bond acceptors (Lipinski definition) is 3. The summed E-state index contributed by atoms with van der Waals surface area (Å²) < 4.78 is 1.95. The molecule has 3 rings (SSSR count). The summed E-state index contributed by atoms with van der Waals surface area (Å²) in [5.74, 6) is 3.24. The minimum absolute atomic E-state index is 0.0742. The normalized spacial score (nSPS) is 23.9.